The van der Waals surface area contributed by atoms with Crippen molar-refractivity contribution in [3.8, 4) is 11.6 Å². The van der Waals surface area contributed by atoms with E-state index in [1.54, 1.807) is 6.26 Å². The molecule has 1 atom stereocenters. The number of fused-ring (bicyclic) bond motifs is 3. The van der Waals surface area contributed by atoms with E-state index in [0.717, 1.165) is 37.4 Å². The second-order valence-corrected chi connectivity index (χ2v) is 7.91. The molecule has 2 bridgehead atoms. The Bertz CT molecular complexity index is 700. The Kier molecular flexibility index (Phi) is 4.48. The van der Waals surface area contributed by atoms with E-state index >= 15 is 0 Å². The van der Waals surface area contributed by atoms with Gasteiger partial charge in [-0.15, -0.1) is 0 Å². The molecule has 138 valence electrons. The summed E-state index contributed by atoms with van der Waals surface area (Å²) in [6.07, 6.45) is 8.34. The Morgan fingerprint density at radius 2 is 1.77 bits per heavy atom. The Morgan fingerprint density at radius 1 is 1.00 bits per heavy atom. The molecular formula is C20H27N5O. The van der Waals surface area contributed by atoms with Gasteiger partial charge in [0.15, 0.2) is 11.6 Å². The maximum Gasteiger partial charge on any atom is 0.195 e. The van der Waals surface area contributed by atoms with Crippen molar-refractivity contribution in [3.05, 3.63) is 36.4 Å². The van der Waals surface area contributed by atoms with Gasteiger partial charge in [0.05, 0.1) is 6.26 Å². The zero-order valence-electron chi connectivity index (χ0n) is 15.3. The molecule has 6 rings (SSSR count). The minimum Gasteiger partial charge on any atom is -0.461 e. The molecule has 0 N–H and O–H groups in total. The third kappa shape index (κ3) is 3.29. The molecule has 4 aliphatic rings. The van der Waals surface area contributed by atoms with Gasteiger partial charge in [-0.3, -0.25) is 9.80 Å². The molecule has 1 unspecified atom stereocenters. The zero-order valence-corrected chi connectivity index (χ0v) is 15.3. The molecule has 6 heterocycles. The molecule has 2 aromatic rings. The van der Waals surface area contributed by atoms with Crippen LogP contribution in [0.5, 0.6) is 0 Å². The second-order valence-electron chi connectivity index (χ2n) is 7.91. The van der Waals surface area contributed by atoms with E-state index in [0.29, 0.717) is 5.82 Å². The average molecular weight is 353 g/mol. The average Bonchev–Trinajstić information content (AvgIpc) is 3.25. The van der Waals surface area contributed by atoms with Crippen molar-refractivity contribution in [3.63, 3.8) is 0 Å². The largest absolute Gasteiger partial charge is 0.461 e. The van der Waals surface area contributed by atoms with Gasteiger partial charge in [0.1, 0.15) is 0 Å². The van der Waals surface area contributed by atoms with E-state index in [9.17, 15) is 0 Å². The van der Waals surface area contributed by atoms with Crippen LogP contribution in [0.15, 0.2) is 35.2 Å². The van der Waals surface area contributed by atoms with Crippen LogP contribution >= 0.6 is 0 Å². The normalized spacial score (nSPS) is 29.9. The Balaban J connectivity index is 1.15. The summed E-state index contributed by atoms with van der Waals surface area (Å²) in [5, 5.41) is 0. The third-order valence-corrected chi connectivity index (χ3v) is 6.35. The number of rotatable bonds is 4. The van der Waals surface area contributed by atoms with E-state index < -0.39 is 0 Å². The smallest absolute Gasteiger partial charge is 0.195 e. The van der Waals surface area contributed by atoms with Crippen LogP contribution in [0.3, 0.4) is 0 Å². The standard InChI is InChI=1S/C20H27N5O/c1-2-19(26-11-1)20-21-12-16(13-22-20)14-24-7-9-25(10-8-24)18-15-23-5-3-17(18)4-6-23/h1-2,11-13,17-18H,3-10,14-15H2. The van der Waals surface area contributed by atoms with Crippen LogP contribution < -0.4 is 0 Å². The van der Waals surface area contributed by atoms with E-state index in [2.05, 4.69) is 24.7 Å². The van der Waals surface area contributed by atoms with Gasteiger partial charge in [0, 0.05) is 63.3 Å². The predicted octanol–water partition coefficient (Wildman–Crippen LogP) is 1.95. The highest BCUT2D eigenvalue weighted by atomic mass is 16.3. The summed E-state index contributed by atoms with van der Waals surface area (Å²) in [7, 11) is 0. The predicted molar refractivity (Wildman–Crippen MR) is 99.5 cm³/mol. The maximum absolute atomic E-state index is 5.36. The lowest BCUT2D eigenvalue weighted by Crippen LogP contribution is -2.60. The number of hydrogen-bond acceptors (Lipinski definition) is 6. The van der Waals surface area contributed by atoms with Crippen LogP contribution in [0.4, 0.5) is 0 Å². The molecule has 6 nitrogen and oxygen atoms in total. The van der Waals surface area contributed by atoms with Gasteiger partial charge in [0.25, 0.3) is 0 Å². The summed E-state index contributed by atoms with van der Waals surface area (Å²) in [6.45, 7) is 9.57. The molecule has 26 heavy (non-hydrogen) atoms. The van der Waals surface area contributed by atoms with Gasteiger partial charge < -0.3 is 9.32 Å². The molecule has 0 aromatic carbocycles. The maximum atomic E-state index is 5.36. The van der Waals surface area contributed by atoms with E-state index in [1.807, 2.05) is 24.5 Å². The topological polar surface area (TPSA) is 48.6 Å². The van der Waals surface area contributed by atoms with Gasteiger partial charge in [0.2, 0.25) is 0 Å². The van der Waals surface area contributed by atoms with Crippen LogP contribution in [0.2, 0.25) is 0 Å². The Labute approximate surface area is 154 Å². The number of aromatic nitrogens is 2. The van der Waals surface area contributed by atoms with E-state index in [-0.39, 0.29) is 0 Å². The number of piperazine rings is 1. The highest BCUT2D eigenvalue weighted by molar-refractivity contribution is 5.45. The summed E-state index contributed by atoms with van der Waals surface area (Å²) in [5.74, 6) is 2.32. The fourth-order valence-corrected chi connectivity index (χ4v) is 4.83. The minimum absolute atomic E-state index is 0.658. The van der Waals surface area contributed by atoms with Gasteiger partial charge in [-0.25, -0.2) is 9.97 Å². The van der Waals surface area contributed by atoms with E-state index in [1.165, 1.54) is 51.1 Å². The fraction of sp³-hybridized carbons (Fsp3) is 0.600. The number of nitrogens with zero attached hydrogens (tertiary/aromatic N) is 5. The number of hydrogen-bond donors (Lipinski definition) is 0. The van der Waals surface area contributed by atoms with Crippen molar-refractivity contribution in [2.75, 3.05) is 45.8 Å². The first kappa shape index (κ1) is 16.4. The summed E-state index contributed by atoms with van der Waals surface area (Å²) < 4.78 is 5.36. The summed E-state index contributed by atoms with van der Waals surface area (Å²) in [5.41, 5.74) is 1.18. The van der Waals surface area contributed by atoms with Gasteiger partial charge >= 0.3 is 0 Å². The molecule has 4 fully saturated rings. The summed E-state index contributed by atoms with van der Waals surface area (Å²) in [4.78, 5) is 16.9. The van der Waals surface area contributed by atoms with Crippen molar-refractivity contribution in [2.24, 2.45) is 5.92 Å². The second kappa shape index (κ2) is 7.10. The van der Waals surface area contributed by atoms with E-state index in [4.69, 9.17) is 4.42 Å². The Morgan fingerprint density at radius 3 is 2.38 bits per heavy atom. The van der Waals surface area contributed by atoms with Crippen LogP contribution in [0.25, 0.3) is 11.6 Å². The van der Waals surface area contributed by atoms with Crippen molar-refractivity contribution >= 4 is 0 Å². The summed E-state index contributed by atoms with van der Waals surface area (Å²) >= 11 is 0. The van der Waals surface area contributed by atoms with Crippen LogP contribution in [-0.4, -0.2) is 76.5 Å². The summed E-state index contributed by atoms with van der Waals surface area (Å²) in [6, 6.07) is 4.56. The molecule has 0 aliphatic carbocycles. The lowest BCUT2D eigenvalue weighted by Gasteiger charge is -2.51. The Hall–Kier alpha value is -1.76. The quantitative estimate of drug-likeness (QED) is 0.837. The first-order chi connectivity index (χ1) is 12.8. The molecule has 0 radical (unpaired) electrons. The van der Waals surface area contributed by atoms with Crippen LogP contribution in [-0.2, 0) is 6.54 Å². The van der Waals surface area contributed by atoms with Crippen molar-refractivity contribution in [2.45, 2.75) is 25.4 Å². The lowest BCUT2D eigenvalue weighted by atomic mass is 9.83. The van der Waals surface area contributed by atoms with Crippen molar-refractivity contribution in [1.29, 1.82) is 0 Å². The van der Waals surface area contributed by atoms with Gasteiger partial charge in [-0.2, -0.15) is 0 Å². The highest BCUT2D eigenvalue weighted by Crippen LogP contribution is 2.31. The fourth-order valence-electron chi connectivity index (χ4n) is 4.83. The molecular weight excluding hydrogens is 326 g/mol. The molecule has 0 amide bonds. The first-order valence-corrected chi connectivity index (χ1v) is 9.89. The van der Waals surface area contributed by atoms with Gasteiger partial charge in [-0.05, 0) is 44.0 Å². The minimum atomic E-state index is 0.658. The molecule has 4 saturated heterocycles. The van der Waals surface area contributed by atoms with Crippen LogP contribution in [0.1, 0.15) is 18.4 Å². The molecule has 6 heteroatoms. The molecule has 2 aromatic heterocycles. The van der Waals surface area contributed by atoms with Crippen molar-refractivity contribution < 1.29 is 4.42 Å². The van der Waals surface area contributed by atoms with Gasteiger partial charge in [-0.1, -0.05) is 0 Å². The highest BCUT2D eigenvalue weighted by Gasteiger charge is 2.38. The van der Waals surface area contributed by atoms with Crippen molar-refractivity contribution in [1.82, 2.24) is 24.7 Å². The lowest BCUT2D eigenvalue weighted by molar-refractivity contribution is -0.0162. The monoisotopic (exact) mass is 353 g/mol. The molecule has 0 spiro atoms. The molecule has 0 saturated carbocycles. The SMILES string of the molecule is c1coc(-c2ncc(CN3CCN(C4CN5CCC4CC5)CC3)cn2)c1. The van der Waals surface area contributed by atoms with Crippen LogP contribution in [0, 0.1) is 5.92 Å². The zero-order chi connectivity index (χ0) is 17.3. The number of furan rings is 1. The third-order valence-electron chi connectivity index (χ3n) is 6.35. The molecule has 4 aliphatic heterocycles. The number of piperidine rings is 3. The first-order valence-electron chi connectivity index (χ1n) is 9.89.